The summed E-state index contributed by atoms with van der Waals surface area (Å²) >= 11 is 3.39. The second kappa shape index (κ2) is 6.57. The Morgan fingerprint density at radius 2 is 1.75 bits per heavy atom. The van der Waals surface area contributed by atoms with Crippen LogP contribution in [-0.4, -0.2) is 15.7 Å². The molecule has 1 amide bonds. The van der Waals surface area contributed by atoms with Gasteiger partial charge in [0.05, 0.1) is 11.4 Å². The van der Waals surface area contributed by atoms with Crippen LogP contribution in [0.25, 0.3) is 10.8 Å². The fourth-order valence-electron chi connectivity index (χ4n) is 2.57. The van der Waals surface area contributed by atoms with Gasteiger partial charge in [0.25, 0.3) is 11.5 Å². The number of benzene rings is 2. The number of hydrogen-bond donors (Lipinski definition) is 1. The van der Waals surface area contributed by atoms with Crippen molar-refractivity contribution in [3.8, 4) is 0 Å². The summed E-state index contributed by atoms with van der Waals surface area (Å²) in [4.78, 5) is 24.8. The quantitative estimate of drug-likeness (QED) is 0.752. The molecule has 0 saturated carbocycles. The summed E-state index contributed by atoms with van der Waals surface area (Å²) in [5.41, 5.74) is 1.01. The van der Waals surface area contributed by atoms with Crippen molar-refractivity contribution in [3.05, 3.63) is 74.6 Å². The van der Waals surface area contributed by atoms with Crippen LogP contribution in [-0.2, 0) is 7.05 Å². The van der Waals surface area contributed by atoms with E-state index in [9.17, 15) is 9.59 Å². The second-order valence-corrected chi connectivity index (χ2v) is 6.49. The predicted molar refractivity (Wildman–Crippen MR) is 97.0 cm³/mol. The number of halogens is 1. The number of amides is 1. The Morgan fingerprint density at radius 3 is 2.42 bits per heavy atom. The minimum atomic E-state index is -0.308. The molecule has 2 aromatic carbocycles. The van der Waals surface area contributed by atoms with Gasteiger partial charge < -0.3 is 5.32 Å². The number of aromatic nitrogens is 2. The van der Waals surface area contributed by atoms with Gasteiger partial charge in [-0.25, -0.2) is 4.68 Å². The van der Waals surface area contributed by atoms with Crippen LogP contribution in [0, 0.1) is 0 Å². The highest BCUT2D eigenvalue weighted by molar-refractivity contribution is 9.10. The average Bonchev–Trinajstić information content (AvgIpc) is 2.58. The van der Waals surface area contributed by atoms with Gasteiger partial charge in [-0.1, -0.05) is 46.3 Å². The van der Waals surface area contributed by atoms with Gasteiger partial charge in [-0.05, 0) is 30.7 Å². The summed E-state index contributed by atoms with van der Waals surface area (Å²) in [6.07, 6.45) is 0. The van der Waals surface area contributed by atoms with E-state index in [0.717, 1.165) is 10.0 Å². The van der Waals surface area contributed by atoms with Crippen LogP contribution < -0.4 is 10.9 Å². The first-order valence-electron chi connectivity index (χ1n) is 7.50. The summed E-state index contributed by atoms with van der Waals surface area (Å²) in [5, 5.41) is 8.12. The minimum Gasteiger partial charge on any atom is -0.344 e. The highest BCUT2D eigenvalue weighted by Gasteiger charge is 2.17. The largest absolute Gasteiger partial charge is 0.344 e. The van der Waals surface area contributed by atoms with Crippen LogP contribution >= 0.6 is 15.9 Å². The van der Waals surface area contributed by atoms with Gasteiger partial charge in [-0.2, -0.15) is 5.10 Å². The normalized spacial score (nSPS) is 12.1. The molecule has 5 nitrogen and oxygen atoms in total. The number of fused-ring (bicyclic) bond motifs is 1. The Morgan fingerprint density at radius 1 is 1.12 bits per heavy atom. The van der Waals surface area contributed by atoms with E-state index in [-0.39, 0.29) is 23.2 Å². The molecule has 24 heavy (non-hydrogen) atoms. The summed E-state index contributed by atoms with van der Waals surface area (Å²) < 4.78 is 2.18. The van der Waals surface area contributed by atoms with E-state index in [1.807, 2.05) is 31.2 Å². The average molecular weight is 386 g/mol. The highest BCUT2D eigenvalue weighted by atomic mass is 79.9. The summed E-state index contributed by atoms with van der Waals surface area (Å²) in [5.74, 6) is -0.308. The van der Waals surface area contributed by atoms with Gasteiger partial charge in [0.15, 0.2) is 5.69 Å². The Kier molecular flexibility index (Phi) is 4.49. The van der Waals surface area contributed by atoms with Gasteiger partial charge >= 0.3 is 0 Å². The molecule has 1 unspecified atom stereocenters. The molecule has 0 bridgehead atoms. The van der Waals surface area contributed by atoms with Gasteiger partial charge in [-0.3, -0.25) is 9.59 Å². The summed E-state index contributed by atoms with van der Waals surface area (Å²) in [7, 11) is 1.55. The third-order valence-corrected chi connectivity index (χ3v) is 4.42. The number of carbonyl (C=O) groups excluding carboxylic acids is 1. The fourth-order valence-corrected chi connectivity index (χ4v) is 2.83. The van der Waals surface area contributed by atoms with E-state index >= 15 is 0 Å². The van der Waals surface area contributed by atoms with E-state index < -0.39 is 0 Å². The Balaban J connectivity index is 1.96. The van der Waals surface area contributed by atoms with Crippen LogP contribution in [0.15, 0.2) is 57.8 Å². The van der Waals surface area contributed by atoms with Crippen molar-refractivity contribution in [2.24, 2.45) is 7.05 Å². The standard InChI is InChI=1S/C18H16BrN3O2/c1-11(12-7-9-13(19)10-8-12)20-17(23)16-14-5-3-4-6-15(14)18(24)22(2)21-16/h3-11H,1-2H3,(H,20,23). The van der Waals surface area contributed by atoms with Crippen molar-refractivity contribution < 1.29 is 4.79 Å². The van der Waals surface area contributed by atoms with Crippen molar-refractivity contribution in [2.45, 2.75) is 13.0 Å². The molecular formula is C18H16BrN3O2. The van der Waals surface area contributed by atoms with Gasteiger partial charge in [-0.15, -0.1) is 0 Å². The van der Waals surface area contributed by atoms with E-state index in [2.05, 4.69) is 26.3 Å². The molecule has 1 N–H and O–H groups in total. The lowest BCUT2D eigenvalue weighted by Gasteiger charge is -2.15. The number of nitrogens with zero attached hydrogens (tertiary/aromatic N) is 2. The SMILES string of the molecule is CC(NC(=O)c1nn(C)c(=O)c2ccccc12)c1ccc(Br)cc1. The molecule has 1 heterocycles. The van der Waals surface area contributed by atoms with Gasteiger partial charge in [0.2, 0.25) is 0 Å². The van der Waals surface area contributed by atoms with Crippen molar-refractivity contribution in [1.82, 2.24) is 15.1 Å². The smallest absolute Gasteiger partial charge is 0.274 e. The van der Waals surface area contributed by atoms with Crippen LogP contribution in [0.4, 0.5) is 0 Å². The minimum absolute atomic E-state index is 0.177. The van der Waals surface area contributed by atoms with E-state index in [4.69, 9.17) is 0 Å². The van der Waals surface area contributed by atoms with Crippen LogP contribution in [0.5, 0.6) is 0 Å². The lowest BCUT2D eigenvalue weighted by atomic mass is 10.1. The highest BCUT2D eigenvalue weighted by Crippen LogP contribution is 2.18. The Labute approximate surface area is 147 Å². The zero-order chi connectivity index (χ0) is 17.3. The maximum Gasteiger partial charge on any atom is 0.274 e. The molecule has 3 aromatic rings. The number of rotatable bonds is 3. The zero-order valence-corrected chi connectivity index (χ0v) is 14.9. The van der Waals surface area contributed by atoms with Crippen LogP contribution in [0.1, 0.15) is 29.0 Å². The molecule has 0 spiro atoms. The zero-order valence-electron chi connectivity index (χ0n) is 13.3. The number of aryl methyl sites for hydroxylation is 1. The third-order valence-electron chi connectivity index (χ3n) is 3.89. The molecular weight excluding hydrogens is 370 g/mol. The van der Waals surface area contributed by atoms with Crippen molar-refractivity contribution in [1.29, 1.82) is 0 Å². The topological polar surface area (TPSA) is 64.0 Å². The molecule has 1 aromatic heterocycles. The maximum absolute atomic E-state index is 12.7. The monoisotopic (exact) mass is 385 g/mol. The fraction of sp³-hybridized carbons (Fsp3) is 0.167. The summed E-state index contributed by atoms with van der Waals surface area (Å²) in [6, 6.07) is 14.6. The first-order chi connectivity index (χ1) is 11.5. The number of nitrogens with one attached hydrogen (secondary N) is 1. The Bertz CT molecular complexity index is 964. The van der Waals surface area contributed by atoms with Crippen LogP contribution in [0.3, 0.4) is 0 Å². The molecule has 0 radical (unpaired) electrons. The van der Waals surface area contributed by atoms with Crippen LogP contribution in [0.2, 0.25) is 0 Å². The third kappa shape index (κ3) is 3.10. The van der Waals surface area contributed by atoms with Crippen molar-refractivity contribution in [3.63, 3.8) is 0 Å². The first kappa shape index (κ1) is 16.4. The van der Waals surface area contributed by atoms with Crippen molar-refractivity contribution >= 4 is 32.6 Å². The number of hydrogen-bond acceptors (Lipinski definition) is 3. The molecule has 6 heteroatoms. The molecule has 0 aliphatic heterocycles. The first-order valence-corrected chi connectivity index (χ1v) is 8.29. The van der Waals surface area contributed by atoms with E-state index in [1.54, 1.807) is 31.3 Å². The summed E-state index contributed by atoms with van der Waals surface area (Å²) in [6.45, 7) is 1.91. The lowest BCUT2D eigenvalue weighted by molar-refractivity contribution is 0.0934. The number of carbonyl (C=O) groups is 1. The molecule has 0 fully saturated rings. The lowest BCUT2D eigenvalue weighted by Crippen LogP contribution is -2.31. The molecule has 1 atom stereocenters. The predicted octanol–water partition coefficient (Wildman–Crippen LogP) is 3.19. The van der Waals surface area contributed by atoms with Crippen molar-refractivity contribution in [2.75, 3.05) is 0 Å². The second-order valence-electron chi connectivity index (χ2n) is 5.57. The molecule has 0 aliphatic carbocycles. The van der Waals surface area contributed by atoms with E-state index in [1.165, 1.54) is 4.68 Å². The van der Waals surface area contributed by atoms with Gasteiger partial charge in [0.1, 0.15) is 0 Å². The maximum atomic E-state index is 12.7. The molecule has 0 aliphatic rings. The van der Waals surface area contributed by atoms with Gasteiger partial charge in [0, 0.05) is 16.9 Å². The van der Waals surface area contributed by atoms with E-state index in [0.29, 0.717) is 10.8 Å². The molecule has 0 saturated heterocycles. The molecule has 3 rings (SSSR count). The molecule has 122 valence electrons. The Hall–Kier alpha value is -2.47.